The number of nitrogens with one attached hydrogen (secondary N) is 2. The number of nitrogens with zero attached hydrogens (tertiary/aromatic N) is 1. The highest BCUT2D eigenvalue weighted by Crippen LogP contribution is 2.24. The van der Waals surface area contributed by atoms with Gasteiger partial charge in [-0.25, -0.2) is 0 Å². The first-order valence-corrected chi connectivity index (χ1v) is 6.66. The number of aryl methyl sites for hydroxylation is 1. The molecule has 0 radical (unpaired) electrons. The maximum Gasteiger partial charge on any atom is 0.0725 e. The fourth-order valence-corrected chi connectivity index (χ4v) is 2.61. The summed E-state index contributed by atoms with van der Waals surface area (Å²) in [6, 6.07) is 11.1. The van der Waals surface area contributed by atoms with Crippen LogP contribution in [0.15, 0.2) is 30.3 Å². The third-order valence-corrected chi connectivity index (χ3v) is 3.54. The van der Waals surface area contributed by atoms with E-state index in [1.165, 1.54) is 23.9 Å². The Morgan fingerprint density at radius 1 is 1.21 bits per heavy atom. The van der Waals surface area contributed by atoms with Crippen LogP contribution in [0, 0.1) is 6.92 Å². The predicted octanol–water partition coefficient (Wildman–Crippen LogP) is 3.13. The number of hydrogen-bond acceptors (Lipinski definition) is 3. The van der Waals surface area contributed by atoms with E-state index in [0.717, 1.165) is 24.3 Å². The van der Waals surface area contributed by atoms with Gasteiger partial charge in [-0.05, 0) is 45.0 Å². The summed E-state index contributed by atoms with van der Waals surface area (Å²) in [7, 11) is 0. The van der Waals surface area contributed by atoms with E-state index in [1.54, 1.807) is 0 Å². The van der Waals surface area contributed by atoms with Crippen molar-refractivity contribution in [3.8, 4) is 0 Å². The standard InChI is InChI=1S/C15H19N3.ClH/c1-11-10-15(18-12-6-8-16-9-7-12)13-4-2-3-5-14(13)17-11;/h2-5,10,12,16H,6-9H2,1H3,(H,17,18);1H. The molecule has 1 aromatic carbocycles. The molecule has 2 heterocycles. The molecule has 1 saturated heterocycles. The fraction of sp³-hybridized carbons (Fsp3) is 0.400. The van der Waals surface area contributed by atoms with E-state index in [1.807, 2.05) is 6.07 Å². The van der Waals surface area contributed by atoms with Gasteiger partial charge in [0, 0.05) is 22.8 Å². The molecule has 3 rings (SSSR count). The minimum Gasteiger partial charge on any atom is -0.382 e. The van der Waals surface area contributed by atoms with Gasteiger partial charge in [0.05, 0.1) is 5.52 Å². The van der Waals surface area contributed by atoms with Crippen LogP contribution in [0.1, 0.15) is 18.5 Å². The average molecular weight is 278 g/mol. The van der Waals surface area contributed by atoms with Crippen LogP contribution in [0.4, 0.5) is 5.69 Å². The second-order valence-electron chi connectivity index (χ2n) is 5.00. The van der Waals surface area contributed by atoms with Crippen molar-refractivity contribution in [3.05, 3.63) is 36.0 Å². The third-order valence-electron chi connectivity index (χ3n) is 3.54. The van der Waals surface area contributed by atoms with Crippen molar-refractivity contribution in [2.75, 3.05) is 18.4 Å². The zero-order valence-corrected chi connectivity index (χ0v) is 12.0. The lowest BCUT2D eigenvalue weighted by atomic mass is 10.1. The van der Waals surface area contributed by atoms with E-state index in [4.69, 9.17) is 0 Å². The normalized spacial score (nSPS) is 16.1. The first-order chi connectivity index (χ1) is 8.83. The smallest absolute Gasteiger partial charge is 0.0725 e. The van der Waals surface area contributed by atoms with Crippen molar-refractivity contribution in [1.29, 1.82) is 0 Å². The van der Waals surface area contributed by atoms with Crippen molar-refractivity contribution in [2.45, 2.75) is 25.8 Å². The third kappa shape index (κ3) is 3.17. The van der Waals surface area contributed by atoms with Gasteiger partial charge in [-0.2, -0.15) is 0 Å². The summed E-state index contributed by atoms with van der Waals surface area (Å²) in [5, 5.41) is 8.31. The molecule has 0 aliphatic carbocycles. The second kappa shape index (κ2) is 6.22. The molecule has 2 aromatic rings. The van der Waals surface area contributed by atoms with Crippen LogP contribution in [0.2, 0.25) is 0 Å². The molecule has 102 valence electrons. The zero-order chi connectivity index (χ0) is 12.4. The number of benzene rings is 1. The van der Waals surface area contributed by atoms with E-state index >= 15 is 0 Å². The first kappa shape index (κ1) is 14.1. The minimum atomic E-state index is 0. The summed E-state index contributed by atoms with van der Waals surface area (Å²) in [6.07, 6.45) is 2.38. The van der Waals surface area contributed by atoms with Gasteiger partial charge >= 0.3 is 0 Å². The van der Waals surface area contributed by atoms with Gasteiger partial charge in [0.25, 0.3) is 0 Å². The molecular formula is C15H20ClN3. The van der Waals surface area contributed by atoms with Gasteiger partial charge in [0.2, 0.25) is 0 Å². The van der Waals surface area contributed by atoms with Crippen molar-refractivity contribution >= 4 is 29.0 Å². The van der Waals surface area contributed by atoms with Crippen molar-refractivity contribution in [3.63, 3.8) is 0 Å². The van der Waals surface area contributed by atoms with Crippen LogP contribution in [-0.4, -0.2) is 24.1 Å². The number of fused-ring (bicyclic) bond motifs is 1. The summed E-state index contributed by atoms with van der Waals surface area (Å²) in [4.78, 5) is 4.58. The van der Waals surface area contributed by atoms with Crippen molar-refractivity contribution in [2.24, 2.45) is 0 Å². The van der Waals surface area contributed by atoms with E-state index in [2.05, 4.69) is 46.8 Å². The van der Waals surface area contributed by atoms with Gasteiger partial charge in [-0.3, -0.25) is 4.98 Å². The van der Waals surface area contributed by atoms with Gasteiger partial charge in [-0.1, -0.05) is 18.2 Å². The Bertz CT molecular complexity index is 550. The van der Waals surface area contributed by atoms with Gasteiger partial charge < -0.3 is 10.6 Å². The van der Waals surface area contributed by atoms with E-state index in [9.17, 15) is 0 Å². The van der Waals surface area contributed by atoms with E-state index < -0.39 is 0 Å². The highest BCUT2D eigenvalue weighted by Gasteiger charge is 2.14. The van der Waals surface area contributed by atoms with Crippen molar-refractivity contribution in [1.82, 2.24) is 10.3 Å². The molecule has 0 spiro atoms. The van der Waals surface area contributed by atoms with E-state index in [0.29, 0.717) is 6.04 Å². The first-order valence-electron chi connectivity index (χ1n) is 6.66. The molecule has 0 bridgehead atoms. The van der Waals surface area contributed by atoms with Crippen LogP contribution in [0.5, 0.6) is 0 Å². The molecule has 1 fully saturated rings. The maximum absolute atomic E-state index is 4.58. The zero-order valence-electron chi connectivity index (χ0n) is 11.1. The fourth-order valence-electron chi connectivity index (χ4n) is 2.61. The molecule has 1 aliphatic rings. The Kier molecular flexibility index (Phi) is 4.61. The summed E-state index contributed by atoms with van der Waals surface area (Å²) < 4.78 is 0. The number of hydrogen-bond donors (Lipinski definition) is 2. The van der Waals surface area contributed by atoms with E-state index in [-0.39, 0.29) is 12.4 Å². The Morgan fingerprint density at radius 3 is 2.74 bits per heavy atom. The molecular weight excluding hydrogens is 258 g/mol. The van der Waals surface area contributed by atoms with Crippen LogP contribution < -0.4 is 10.6 Å². The number of pyridine rings is 1. The minimum absolute atomic E-state index is 0. The number of halogens is 1. The number of anilines is 1. The molecule has 0 atom stereocenters. The Morgan fingerprint density at radius 2 is 1.95 bits per heavy atom. The lowest BCUT2D eigenvalue weighted by molar-refractivity contribution is 0.479. The van der Waals surface area contributed by atoms with Crippen LogP contribution >= 0.6 is 12.4 Å². The largest absolute Gasteiger partial charge is 0.382 e. The highest BCUT2D eigenvalue weighted by molar-refractivity contribution is 5.91. The molecule has 1 aromatic heterocycles. The number of piperidine rings is 1. The Labute approximate surface area is 120 Å². The Hall–Kier alpha value is -1.32. The molecule has 19 heavy (non-hydrogen) atoms. The number of para-hydroxylation sites is 1. The van der Waals surface area contributed by atoms with Gasteiger partial charge in [0.15, 0.2) is 0 Å². The molecule has 0 saturated carbocycles. The molecule has 0 amide bonds. The lowest BCUT2D eigenvalue weighted by Gasteiger charge is -2.25. The highest BCUT2D eigenvalue weighted by atomic mass is 35.5. The average Bonchev–Trinajstić information content (AvgIpc) is 2.40. The van der Waals surface area contributed by atoms with Crippen LogP contribution in [0.3, 0.4) is 0 Å². The summed E-state index contributed by atoms with van der Waals surface area (Å²) in [5.74, 6) is 0. The monoisotopic (exact) mass is 277 g/mol. The molecule has 3 nitrogen and oxygen atoms in total. The van der Waals surface area contributed by atoms with Gasteiger partial charge in [0.1, 0.15) is 0 Å². The van der Waals surface area contributed by atoms with Crippen molar-refractivity contribution < 1.29 is 0 Å². The molecule has 4 heteroatoms. The maximum atomic E-state index is 4.58. The summed E-state index contributed by atoms with van der Waals surface area (Å²) >= 11 is 0. The molecule has 0 unspecified atom stereocenters. The molecule has 2 N–H and O–H groups in total. The number of aromatic nitrogens is 1. The molecule has 1 aliphatic heterocycles. The number of rotatable bonds is 2. The Balaban J connectivity index is 0.00000133. The van der Waals surface area contributed by atoms with Crippen LogP contribution in [0.25, 0.3) is 10.9 Å². The lowest BCUT2D eigenvalue weighted by Crippen LogP contribution is -2.35. The second-order valence-corrected chi connectivity index (χ2v) is 5.00. The van der Waals surface area contributed by atoms with Crippen LogP contribution in [-0.2, 0) is 0 Å². The quantitative estimate of drug-likeness (QED) is 0.886. The topological polar surface area (TPSA) is 37.0 Å². The SMILES string of the molecule is Cc1cc(NC2CCNCC2)c2ccccc2n1.Cl. The summed E-state index contributed by atoms with van der Waals surface area (Å²) in [6.45, 7) is 4.28. The predicted molar refractivity (Wildman–Crippen MR) is 83.2 cm³/mol. The van der Waals surface area contributed by atoms with Gasteiger partial charge in [-0.15, -0.1) is 12.4 Å². The summed E-state index contributed by atoms with van der Waals surface area (Å²) in [5.41, 5.74) is 3.38.